The van der Waals surface area contributed by atoms with E-state index in [1.165, 1.54) is 6.42 Å². The van der Waals surface area contributed by atoms with Crippen LogP contribution in [0.25, 0.3) is 0 Å². The lowest BCUT2D eigenvalue weighted by Gasteiger charge is -2.33. The third-order valence-corrected chi connectivity index (χ3v) is 4.18. The molecule has 0 aromatic heterocycles. The van der Waals surface area contributed by atoms with E-state index in [9.17, 15) is 4.79 Å². The number of nitrogens with one attached hydrogen (secondary N) is 2. The minimum atomic E-state index is 0.236. The van der Waals surface area contributed by atoms with E-state index in [4.69, 9.17) is 0 Å². The van der Waals surface area contributed by atoms with Crippen LogP contribution in [0.15, 0.2) is 0 Å². The fourth-order valence-electron chi connectivity index (χ4n) is 2.81. The number of hydrogen-bond acceptors (Lipinski definition) is 3. The molecule has 0 aromatic carbocycles. The Morgan fingerprint density at radius 3 is 2.65 bits per heavy atom. The Balaban J connectivity index is 1.79. The molecule has 0 bridgehead atoms. The zero-order valence-electron chi connectivity index (χ0n) is 11.0. The van der Waals surface area contributed by atoms with Gasteiger partial charge in [0, 0.05) is 18.0 Å². The van der Waals surface area contributed by atoms with Gasteiger partial charge in [0.15, 0.2) is 0 Å². The number of carbonyl (C=O) groups excluding carboxylic acids is 1. The number of amides is 1. The maximum absolute atomic E-state index is 12.2. The quantitative estimate of drug-likeness (QED) is 0.741. The van der Waals surface area contributed by atoms with E-state index in [0.717, 1.165) is 38.9 Å². The van der Waals surface area contributed by atoms with Crippen molar-refractivity contribution >= 4 is 5.91 Å². The van der Waals surface area contributed by atoms with Crippen molar-refractivity contribution in [1.29, 1.82) is 0 Å². The summed E-state index contributed by atoms with van der Waals surface area (Å²) in [5, 5.41) is 6.66. The van der Waals surface area contributed by atoms with Gasteiger partial charge in [0.2, 0.25) is 5.91 Å². The molecular formula is C13H25N3O. The van der Waals surface area contributed by atoms with Crippen molar-refractivity contribution in [2.45, 2.75) is 44.7 Å². The fourth-order valence-corrected chi connectivity index (χ4v) is 2.81. The third-order valence-electron chi connectivity index (χ3n) is 4.18. The second-order valence-electron chi connectivity index (χ2n) is 5.58. The summed E-state index contributed by atoms with van der Waals surface area (Å²) in [5.74, 6) is 0.513. The Hall–Kier alpha value is -0.610. The van der Waals surface area contributed by atoms with E-state index in [1.807, 2.05) is 0 Å². The first-order valence-electron chi connectivity index (χ1n) is 6.89. The summed E-state index contributed by atoms with van der Waals surface area (Å²) in [5.41, 5.74) is 0. The highest BCUT2D eigenvalue weighted by Gasteiger charge is 2.27. The molecule has 2 aliphatic rings. The number of likely N-dealkylation sites (tertiary alicyclic amines) is 1. The van der Waals surface area contributed by atoms with Crippen molar-refractivity contribution in [3.8, 4) is 0 Å². The standard InChI is InChI=1S/C13H25N3O/c1-10-12(4-3-7-14-10)15-13(17)11-5-8-16(2)9-6-11/h10-12,14H,3-9H2,1-2H3,(H,15,17). The molecule has 2 fully saturated rings. The molecule has 2 heterocycles. The summed E-state index contributed by atoms with van der Waals surface area (Å²) in [6, 6.07) is 0.745. The van der Waals surface area contributed by atoms with Gasteiger partial charge in [-0.15, -0.1) is 0 Å². The molecule has 17 heavy (non-hydrogen) atoms. The summed E-state index contributed by atoms with van der Waals surface area (Å²) in [4.78, 5) is 14.5. The Labute approximate surface area is 104 Å². The lowest BCUT2D eigenvalue weighted by atomic mass is 9.94. The van der Waals surface area contributed by atoms with Gasteiger partial charge in [-0.05, 0) is 59.3 Å². The van der Waals surface area contributed by atoms with E-state index in [2.05, 4.69) is 29.5 Å². The van der Waals surface area contributed by atoms with Crippen molar-refractivity contribution in [3.63, 3.8) is 0 Å². The molecule has 4 heteroatoms. The third kappa shape index (κ3) is 3.42. The van der Waals surface area contributed by atoms with Gasteiger partial charge in [-0.2, -0.15) is 0 Å². The molecule has 2 saturated heterocycles. The number of hydrogen-bond donors (Lipinski definition) is 2. The second kappa shape index (κ2) is 5.83. The van der Waals surface area contributed by atoms with E-state index in [-0.39, 0.29) is 11.8 Å². The number of nitrogens with zero attached hydrogens (tertiary/aromatic N) is 1. The van der Waals surface area contributed by atoms with Gasteiger partial charge in [-0.1, -0.05) is 0 Å². The summed E-state index contributed by atoms with van der Waals surface area (Å²) in [6.45, 7) is 5.35. The van der Waals surface area contributed by atoms with Crippen LogP contribution in [0.1, 0.15) is 32.6 Å². The first-order valence-corrected chi connectivity index (χ1v) is 6.89. The molecule has 0 aliphatic carbocycles. The molecule has 2 atom stereocenters. The van der Waals surface area contributed by atoms with E-state index in [0.29, 0.717) is 12.1 Å². The number of piperidine rings is 2. The van der Waals surface area contributed by atoms with Crippen LogP contribution in [-0.4, -0.2) is 49.6 Å². The van der Waals surface area contributed by atoms with Crippen LogP contribution in [0.3, 0.4) is 0 Å². The first kappa shape index (κ1) is 12.8. The summed E-state index contributed by atoms with van der Waals surface area (Å²) >= 11 is 0. The summed E-state index contributed by atoms with van der Waals surface area (Å²) < 4.78 is 0. The number of carbonyl (C=O) groups is 1. The number of rotatable bonds is 2. The molecule has 0 radical (unpaired) electrons. The largest absolute Gasteiger partial charge is 0.352 e. The Morgan fingerprint density at radius 2 is 2.00 bits per heavy atom. The lowest BCUT2D eigenvalue weighted by molar-refractivity contribution is -0.127. The van der Waals surface area contributed by atoms with Gasteiger partial charge in [0.05, 0.1) is 0 Å². The Kier molecular flexibility index (Phi) is 4.40. The first-order chi connectivity index (χ1) is 8.16. The van der Waals surface area contributed by atoms with Crippen molar-refractivity contribution < 1.29 is 4.79 Å². The zero-order valence-corrected chi connectivity index (χ0v) is 11.0. The Bertz CT molecular complexity index is 261. The zero-order chi connectivity index (χ0) is 12.3. The molecular weight excluding hydrogens is 214 g/mol. The van der Waals surface area contributed by atoms with Gasteiger partial charge in [-0.3, -0.25) is 4.79 Å². The molecule has 4 nitrogen and oxygen atoms in total. The molecule has 2 rings (SSSR count). The predicted octanol–water partition coefficient (Wildman–Crippen LogP) is 0.585. The highest BCUT2D eigenvalue weighted by Crippen LogP contribution is 2.17. The van der Waals surface area contributed by atoms with Crippen LogP contribution >= 0.6 is 0 Å². The van der Waals surface area contributed by atoms with Gasteiger partial charge in [0.25, 0.3) is 0 Å². The minimum Gasteiger partial charge on any atom is -0.352 e. The summed E-state index contributed by atoms with van der Waals surface area (Å²) in [7, 11) is 2.13. The molecule has 1 amide bonds. The maximum Gasteiger partial charge on any atom is 0.223 e. The van der Waals surface area contributed by atoms with Gasteiger partial charge < -0.3 is 15.5 Å². The average molecular weight is 239 g/mol. The molecule has 0 aromatic rings. The maximum atomic E-state index is 12.2. The predicted molar refractivity (Wildman–Crippen MR) is 68.9 cm³/mol. The average Bonchev–Trinajstić information content (AvgIpc) is 2.33. The van der Waals surface area contributed by atoms with E-state index >= 15 is 0 Å². The second-order valence-corrected chi connectivity index (χ2v) is 5.58. The normalized spacial score (nSPS) is 32.4. The van der Waals surface area contributed by atoms with Crippen LogP contribution in [0.2, 0.25) is 0 Å². The monoisotopic (exact) mass is 239 g/mol. The van der Waals surface area contributed by atoms with Crippen molar-refractivity contribution in [1.82, 2.24) is 15.5 Å². The fraction of sp³-hybridized carbons (Fsp3) is 0.923. The van der Waals surface area contributed by atoms with E-state index in [1.54, 1.807) is 0 Å². The smallest absolute Gasteiger partial charge is 0.223 e. The molecule has 2 unspecified atom stereocenters. The summed E-state index contributed by atoms with van der Waals surface area (Å²) in [6.07, 6.45) is 4.31. The van der Waals surface area contributed by atoms with Crippen LogP contribution in [0.4, 0.5) is 0 Å². The van der Waals surface area contributed by atoms with Crippen molar-refractivity contribution in [3.05, 3.63) is 0 Å². The van der Waals surface area contributed by atoms with Crippen LogP contribution in [0, 0.1) is 5.92 Å². The van der Waals surface area contributed by atoms with Gasteiger partial charge in [-0.25, -0.2) is 0 Å². The molecule has 2 aliphatic heterocycles. The minimum absolute atomic E-state index is 0.236. The van der Waals surface area contributed by atoms with Gasteiger partial charge in [0.1, 0.15) is 0 Å². The van der Waals surface area contributed by atoms with Crippen molar-refractivity contribution in [2.24, 2.45) is 5.92 Å². The molecule has 98 valence electrons. The van der Waals surface area contributed by atoms with E-state index < -0.39 is 0 Å². The highest BCUT2D eigenvalue weighted by atomic mass is 16.2. The highest BCUT2D eigenvalue weighted by molar-refractivity contribution is 5.79. The lowest BCUT2D eigenvalue weighted by Crippen LogP contribution is -2.53. The topological polar surface area (TPSA) is 44.4 Å². The van der Waals surface area contributed by atoms with Crippen LogP contribution < -0.4 is 10.6 Å². The molecule has 2 N–H and O–H groups in total. The molecule has 0 spiro atoms. The van der Waals surface area contributed by atoms with Crippen molar-refractivity contribution in [2.75, 3.05) is 26.7 Å². The van der Waals surface area contributed by atoms with Crippen LogP contribution in [0.5, 0.6) is 0 Å². The van der Waals surface area contributed by atoms with Gasteiger partial charge >= 0.3 is 0 Å². The Morgan fingerprint density at radius 1 is 1.29 bits per heavy atom. The SMILES string of the molecule is CC1NCCCC1NC(=O)C1CCN(C)CC1. The molecule has 0 saturated carbocycles. The van der Waals surface area contributed by atoms with Crippen LogP contribution in [-0.2, 0) is 4.79 Å².